The summed E-state index contributed by atoms with van der Waals surface area (Å²) in [7, 11) is -3.62. The van der Waals surface area contributed by atoms with Gasteiger partial charge in [0.1, 0.15) is 6.04 Å². The fourth-order valence-electron chi connectivity index (χ4n) is 3.04. The average molecular weight is 423 g/mol. The van der Waals surface area contributed by atoms with Crippen molar-refractivity contribution in [3.63, 3.8) is 0 Å². The van der Waals surface area contributed by atoms with Crippen LogP contribution < -0.4 is 9.62 Å². The molecule has 0 saturated heterocycles. The van der Waals surface area contributed by atoms with E-state index in [4.69, 9.17) is 11.6 Å². The molecule has 0 saturated carbocycles. The van der Waals surface area contributed by atoms with Crippen molar-refractivity contribution in [1.29, 1.82) is 0 Å². The summed E-state index contributed by atoms with van der Waals surface area (Å²) in [6, 6.07) is 12.3. The maximum atomic E-state index is 12.6. The Balaban J connectivity index is 2.03. The van der Waals surface area contributed by atoms with Crippen molar-refractivity contribution in [2.45, 2.75) is 39.7 Å². The summed E-state index contributed by atoms with van der Waals surface area (Å²) in [6.45, 7) is 5.81. The van der Waals surface area contributed by atoms with Crippen molar-refractivity contribution >= 4 is 33.2 Å². The molecule has 0 heterocycles. The number of aryl methyl sites for hydroxylation is 3. The number of amides is 1. The third kappa shape index (κ3) is 5.97. The molecule has 0 aromatic heterocycles. The second-order valence-corrected chi connectivity index (χ2v) is 9.34. The van der Waals surface area contributed by atoms with E-state index >= 15 is 0 Å². The van der Waals surface area contributed by atoms with Gasteiger partial charge >= 0.3 is 0 Å². The van der Waals surface area contributed by atoms with Gasteiger partial charge in [-0.2, -0.15) is 0 Å². The second-order valence-electron chi connectivity index (χ2n) is 7.05. The first-order valence-corrected chi connectivity index (χ1v) is 11.4. The minimum atomic E-state index is -3.62. The Labute approximate surface area is 172 Å². The first-order chi connectivity index (χ1) is 13.1. The fraction of sp³-hybridized carbons (Fsp3) is 0.381. The molecule has 28 heavy (non-hydrogen) atoms. The Morgan fingerprint density at radius 3 is 2.39 bits per heavy atom. The van der Waals surface area contributed by atoms with Crippen LogP contribution in [0.1, 0.15) is 30.0 Å². The number of anilines is 1. The van der Waals surface area contributed by atoms with Gasteiger partial charge in [0, 0.05) is 11.6 Å². The average Bonchev–Trinajstić information content (AvgIpc) is 2.62. The molecule has 2 aromatic rings. The fourth-order valence-corrected chi connectivity index (χ4v) is 4.39. The SMILES string of the molecule is Cc1ccc(C)c(N([C@@H](C)C(=O)NCCCc2ccc(Cl)cc2)S(C)(=O)=O)c1. The van der Waals surface area contributed by atoms with Crippen molar-refractivity contribution in [2.24, 2.45) is 0 Å². The van der Waals surface area contributed by atoms with E-state index in [2.05, 4.69) is 5.32 Å². The van der Waals surface area contributed by atoms with E-state index in [0.717, 1.165) is 35.8 Å². The smallest absolute Gasteiger partial charge is 0.243 e. The zero-order chi connectivity index (χ0) is 20.9. The maximum absolute atomic E-state index is 12.6. The van der Waals surface area contributed by atoms with Crippen LogP contribution in [-0.2, 0) is 21.2 Å². The quantitative estimate of drug-likeness (QED) is 0.657. The van der Waals surface area contributed by atoms with Crippen molar-refractivity contribution in [3.05, 3.63) is 64.2 Å². The number of rotatable bonds is 8. The number of nitrogens with zero attached hydrogens (tertiary/aromatic N) is 1. The van der Waals surface area contributed by atoms with E-state index in [-0.39, 0.29) is 5.91 Å². The molecule has 1 N–H and O–H groups in total. The van der Waals surface area contributed by atoms with Gasteiger partial charge in [-0.25, -0.2) is 8.42 Å². The van der Waals surface area contributed by atoms with E-state index in [1.54, 1.807) is 13.0 Å². The van der Waals surface area contributed by atoms with Crippen molar-refractivity contribution in [1.82, 2.24) is 5.32 Å². The second kappa shape index (κ2) is 9.43. The normalized spacial score (nSPS) is 12.5. The molecule has 0 fully saturated rings. The number of sulfonamides is 1. The van der Waals surface area contributed by atoms with Crippen molar-refractivity contribution in [2.75, 3.05) is 17.1 Å². The Kier molecular flexibility index (Phi) is 7.49. The number of hydrogen-bond donors (Lipinski definition) is 1. The Bertz CT molecular complexity index is 927. The van der Waals surface area contributed by atoms with Crippen LogP contribution in [0.5, 0.6) is 0 Å². The molecular formula is C21H27ClN2O3S. The van der Waals surface area contributed by atoms with Gasteiger partial charge in [0.05, 0.1) is 11.9 Å². The van der Waals surface area contributed by atoms with Gasteiger partial charge in [-0.3, -0.25) is 9.10 Å². The van der Waals surface area contributed by atoms with Crippen LogP contribution in [0.2, 0.25) is 5.02 Å². The number of hydrogen-bond acceptors (Lipinski definition) is 3. The first kappa shape index (κ1) is 22.2. The number of carbonyl (C=O) groups excluding carboxylic acids is 1. The highest BCUT2D eigenvalue weighted by Crippen LogP contribution is 2.26. The summed E-state index contributed by atoms with van der Waals surface area (Å²) in [5, 5.41) is 3.54. The Hall–Kier alpha value is -2.05. The van der Waals surface area contributed by atoms with Gasteiger partial charge in [0.2, 0.25) is 15.9 Å². The van der Waals surface area contributed by atoms with E-state index < -0.39 is 16.1 Å². The topological polar surface area (TPSA) is 66.5 Å². The molecule has 0 aliphatic carbocycles. The molecule has 2 rings (SSSR count). The van der Waals surface area contributed by atoms with Crippen molar-refractivity contribution < 1.29 is 13.2 Å². The Morgan fingerprint density at radius 1 is 1.14 bits per heavy atom. The first-order valence-electron chi connectivity index (χ1n) is 9.18. The standard InChI is InChI=1S/C21H27ClN2O3S/c1-15-7-8-16(2)20(14-15)24(28(4,26)27)17(3)21(25)23-13-5-6-18-9-11-19(22)12-10-18/h7-12,14,17H,5-6,13H2,1-4H3,(H,23,25)/t17-/m0/s1. The zero-order valence-electron chi connectivity index (χ0n) is 16.7. The highest BCUT2D eigenvalue weighted by Gasteiger charge is 2.29. The van der Waals surface area contributed by atoms with E-state index in [9.17, 15) is 13.2 Å². The molecular weight excluding hydrogens is 396 g/mol. The largest absolute Gasteiger partial charge is 0.354 e. The molecule has 0 bridgehead atoms. The van der Waals surface area contributed by atoms with Gasteiger partial charge in [0.25, 0.3) is 0 Å². The number of carbonyl (C=O) groups is 1. The van der Waals surface area contributed by atoms with Gasteiger partial charge < -0.3 is 5.32 Å². The third-order valence-corrected chi connectivity index (χ3v) is 6.02. The predicted molar refractivity (Wildman–Crippen MR) is 115 cm³/mol. The zero-order valence-corrected chi connectivity index (χ0v) is 18.3. The molecule has 1 amide bonds. The summed E-state index contributed by atoms with van der Waals surface area (Å²) < 4.78 is 26.0. The summed E-state index contributed by atoms with van der Waals surface area (Å²) in [5.41, 5.74) is 3.41. The molecule has 5 nitrogen and oxygen atoms in total. The van der Waals surface area contributed by atoms with Crippen LogP contribution in [-0.4, -0.2) is 33.2 Å². The lowest BCUT2D eigenvalue weighted by atomic mass is 10.1. The molecule has 2 aromatic carbocycles. The van der Waals surface area contributed by atoms with E-state index in [1.807, 2.05) is 50.2 Å². The number of halogens is 1. The highest BCUT2D eigenvalue weighted by molar-refractivity contribution is 7.92. The van der Waals surface area contributed by atoms with Crippen LogP contribution in [0.15, 0.2) is 42.5 Å². The predicted octanol–water partition coefficient (Wildman–Crippen LogP) is 3.86. The van der Waals surface area contributed by atoms with Gasteiger partial charge in [-0.15, -0.1) is 0 Å². The lowest BCUT2D eigenvalue weighted by Gasteiger charge is -2.29. The molecule has 152 valence electrons. The lowest BCUT2D eigenvalue weighted by Crippen LogP contribution is -2.48. The van der Waals surface area contributed by atoms with Crippen LogP contribution in [0.4, 0.5) is 5.69 Å². The summed E-state index contributed by atoms with van der Waals surface area (Å²) in [5.74, 6) is -0.317. The third-order valence-electron chi connectivity index (χ3n) is 4.55. The van der Waals surface area contributed by atoms with Crippen LogP contribution >= 0.6 is 11.6 Å². The van der Waals surface area contributed by atoms with Crippen molar-refractivity contribution in [3.8, 4) is 0 Å². The van der Waals surface area contributed by atoms with E-state index in [1.165, 1.54) is 4.31 Å². The molecule has 0 aliphatic heterocycles. The number of nitrogens with one attached hydrogen (secondary N) is 1. The molecule has 0 unspecified atom stereocenters. The van der Waals surface area contributed by atoms with Crippen LogP contribution in [0, 0.1) is 13.8 Å². The molecule has 0 radical (unpaired) electrons. The number of benzene rings is 2. The highest BCUT2D eigenvalue weighted by atomic mass is 35.5. The molecule has 1 atom stereocenters. The van der Waals surface area contributed by atoms with Crippen LogP contribution in [0.3, 0.4) is 0 Å². The summed E-state index contributed by atoms with van der Waals surface area (Å²) in [4.78, 5) is 12.6. The minimum Gasteiger partial charge on any atom is -0.354 e. The van der Waals surface area contributed by atoms with Gasteiger partial charge in [-0.05, 0) is 68.5 Å². The summed E-state index contributed by atoms with van der Waals surface area (Å²) in [6.07, 6.45) is 2.68. The summed E-state index contributed by atoms with van der Waals surface area (Å²) >= 11 is 5.88. The lowest BCUT2D eigenvalue weighted by molar-refractivity contribution is -0.121. The Morgan fingerprint density at radius 2 is 1.79 bits per heavy atom. The van der Waals surface area contributed by atoms with Crippen LogP contribution in [0.25, 0.3) is 0 Å². The monoisotopic (exact) mass is 422 g/mol. The minimum absolute atomic E-state index is 0.317. The molecule has 7 heteroatoms. The van der Waals surface area contributed by atoms with E-state index in [0.29, 0.717) is 17.3 Å². The van der Waals surface area contributed by atoms with Gasteiger partial charge in [-0.1, -0.05) is 35.9 Å². The molecule has 0 aliphatic rings. The molecule has 0 spiro atoms. The maximum Gasteiger partial charge on any atom is 0.243 e. The van der Waals surface area contributed by atoms with Gasteiger partial charge in [0.15, 0.2) is 0 Å².